The van der Waals surface area contributed by atoms with Crippen LogP contribution in [0.4, 0.5) is 0 Å². The van der Waals surface area contributed by atoms with Gasteiger partial charge in [-0.15, -0.1) is 0 Å². The highest BCUT2D eigenvalue weighted by Crippen LogP contribution is 2.27. The van der Waals surface area contributed by atoms with Crippen LogP contribution in [-0.4, -0.2) is 46.8 Å². The minimum atomic E-state index is -3.12. The van der Waals surface area contributed by atoms with E-state index in [-0.39, 0.29) is 5.91 Å². The number of hydrogen-bond acceptors (Lipinski definition) is 4. The second-order valence-electron chi connectivity index (χ2n) is 4.44. The topological polar surface area (TPSA) is 87.3 Å². The Morgan fingerprint density at radius 1 is 1.29 bits per heavy atom. The fourth-order valence-electron chi connectivity index (χ4n) is 1.35. The van der Waals surface area contributed by atoms with Crippen molar-refractivity contribution in [3.8, 4) is 0 Å². The first-order valence-corrected chi connectivity index (χ1v) is 7.78. The fourth-order valence-corrected chi connectivity index (χ4v) is 1.86. The Kier molecular flexibility index (Phi) is 5.87. The van der Waals surface area contributed by atoms with Crippen molar-refractivity contribution in [2.24, 2.45) is 5.92 Å². The average molecular weight is 263 g/mol. The zero-order valence-corrected chi connectivity index (χ0v) is 11.0. The molecule has 0 unspecified atom stereocenters. The van der Waals surface area contributed by atoms with Gasteiger partial charge in [-0.1, -0.05) is 0 Å². The second kappa shape index (κ2) is 6.93. The van der Waals surface area contributed by atoms with Crippen LogP contribution in [0.15, 0.2) is 0 Å². The Morgan fingerprint density at radius 2 is 2.00 bits per heavy atom. The molecule has 1 aliphatic carbocycles. The van der Waals surface area contributed by atoms with Crippen LogP contribution in [0.3, 0.4) is 0 Å². The van der Waals surface area contributed by atoms with E-state index in [1.165, 1.54) is 12.8 Å². The summed E-state index contributed by atoms with van der Waals surface area (Å²) in [6.07, 6.45) is 4.26. The molecule has 6 nitrogen and oxygen atoms in total. The number of carbonyl (C=O) groups excluding carboxylic acids is 1. The van der Waals surface area contributed by atoms with Crippen molar-refractivity contribution in [2.75, 3.05) is 32.4 Å². The average Bonchev–Trinajstić information content (AvgIpc) is 2.99. The molecule has 0 aromatic carbocycles. The van der Waals surface area contributed by atoms with E-state index in [2.05, 4.69) is 15.4 Å². The molecule has 3 N–H and O–H groups in total. The van der Waals surface area contributed by atoms with E-state index in [0.717, 1.165) is 18.7 Å². The van der Waals surface area contributed by atoms with E-state index in [1.807, 2.05) is 0 Å². The van der Waals surface area contributed by atoms with Gasteiger partial charge in [0.1, 0.15) is 0 Å². The van der Waals surface area contributed by atoms with E-state index in [9.17, 15) is 13.2 Å². The van der Waals surface area contributed by atoms with Crippen molar-refractivity contribution in [1.29, 1.82) is 0 Å². The van der Waals surface area contributed by atoms with Crippen LogP contribution in [0.2, 0.25) is 0 Å². The molecule has 100 valence electrons. The van der Waals surface area contributed by atoms with Crippen LogP contribution in [0.1, 0.15) is 19.3 Å². The Hall–Kier alpha value is -0.660. The molecule has 17 heavy (non-hydrogen) atoms. The third kappa shape index (κ3) is 9.08. The van der Waals surface area contributed by atoms with Gasteiger partial charge in [0.15, 0.2) is 0 Å². The van der Waals surface area contributed by atoms with Crippen LogP contribution in [-0.2, 0) is 14.8 Å². The summed E-state index contributed by atoms with van der Waals surface area (Å²) in [5.74, 6) is 0.728. The van der Waals surface area contributed by atoms with Gasteiger partial charge in [-0.05, 0) is 31.7 Å². The van der Waals surface area contributed by atoms with E-state index in [0.29, 0.717) is 26.1 Å². The SMILES string of the molecule is CS(=O)(=O)NCCCNC(=O)CNCC1CC1. The first kappa shape index (κ1) is 14.4. The lowest BCUT2D eigenvalue weighted by Crippen LogP contribution is -2.36. The molecule has 0 aromatic rings. The molecule has 0 spiro atoms. The van der Waals surface area contributed by atoms with Gasteiger partial charge >= 0.3 is 0 Å². The van der Waals surface area contributed by atoms with Crippen LogP contribution in [0, 0.1) is 5.92 Å². The van der Waals surface area contributed by atoms with Crippen molar-refractivity contribution < 1.29 is 13.2 Å². The first-order valence-electron chi connectivity index (χ1n) is 5.89. The molecule has 0 radical (unpaired) electrons. The van der Waals surface area contributed by atoms with Gasteiger partial charge in [-0.25, -0.2) is 13.1 Å². The number of amides is 1. The monoisotopic (exact) mass is 263 g/mol. The summed E-state index contributed by atoms with van der Waals surface area (Å²) >= 11 is 0. The van der Waals surface area contributed by atoms with E-state index in [4.69, 9.17) is 0 Å². The van der Waals surface area contributed by atoms with Crippen molar-refractivity contribution in [3.05, 3.63) is 0 Å². The van der Waals surface area contributed by atoms with E-state index in [1.54, 1.807) is 0 Å². The molecule has 1 fully saturated rings. The highest BCUT2D eigenvalue weighted by atomic mass is 32.2. The van der Waals surface area contributed by atoms with Crippen molar-refractivity contribution in [1.82, 2.24) is 15.4 Å². The highest BCUT2D eigenvalue weighted by Gasteiger charge is 2.20. The molecule has 1 aliphatic rings. The third-order valence-electron chi connectivity index (χ3n) is 2.46. The Morgan fingerprint density at radius 3 is 2.59 bits per heavy atom. The molecule has 1 saturated carbocycles. The zero-order valence-electron chi connectivity index (χ0n) is 10.2. The highest BCUT2D eigenvalue weighted by molar-refractivity contribution is 7.88. The number of sulfonamides is 1. The first-order chi connectivity index (χ1) is 7.97. The lowest BCUT2D eigenvalue weighted by molar-refractivity contribution is -0.120. The molecule has 0 aliphatic heterocycles. The maximum absolute atomic E-state index is 11.3. The van der Waals surface area contributed by atoms with Crippen LogP contribution in [0.5, 0.6) is 0 Å². The molecule has 7 heteroatoms. The Bertz CT molecular complexity index is 339. The van der Waals surface area contributed by atoms with Gasteiger partial charge in [0.2, 0.25) is 15.9 Å². The molecular formula is C10H21N3O3S. The van der Waals surface area contributed by atoms with Gasteiger partial charge in [0.05, 0.1) is 12.8 Å². The molecular weight excluding hydrogens is 242 g/mol. The number of rotatable bonds is 9. The fraction of sp³-hybridized carbons (Fsp3) is 0.900. The van der Waals surface area contributed by atoms with Crippen molar-refractivity contribution in [3.63, 3.8) is 0 Å². The van der Waals surface area contributed by atoms with Gasteiger partial charge in [-0.3, -0.25) is 4.79 Å². The maximum atomic E-state index is 11.3. The molecule has 0 heterocycles. The minimum absolute atomic E-state index is 0.0370. The molecule has 0 saturated heterocycles. The Balaban J connectivity index is 1.88. The standard InChI is InChI=1S/C10H21N3O3S/c1-17(15,16)13-6-2-5-12-10(14)8-11-7-9-3-4-9/h9,11,13H,2-8H2,1H3,(H,12,14). The van der Waals surface area contributed by atoms with Crippen LogP contribution < -0.4 is 15.4 Å². The summed E-state index contributed by atoms with van der Waals surface area (Å²) in [4.78, 5) is 11.3. The number of carbonyl (C=O) groups is 1. The summed E-state index contributed by atoms with van der Waals surface area (Å²) in [6, 6.07) is 0. The summed E-state index contributed by atoms with van der Waals surface area (Å²) in [5.41, 5.74) is 0. The number of nitrogens with one attached hydrogen (secondary N) is 3. The minimum Gasteiger partial charge on any atom is -0.355 e. The van der Waals surface area contributed by atoms with E-state index < -0.39 is 10.0 Å². The molecule has 0 aromatic heterocycles. The third-order valence-corrected chi connectivity index (χ3v) is 3.18. The van der Waals surface area contributed by atoms with Gasteiger partial charge < -0.3 is 10.6 Å². The second-order valence-corrected chi connectivity index (χ2v) is 6.28. The van der Waals surface area contributed by atoms with Crippen LogP contribution in [0.25, 0.3) is 0 Å². The predicted octanol–water partition coefficient (Wildman–Crippen LogP) is -0.958. The number of hydrogen-bond donors (Lipinski definition) is 3. The van der Waals surface area contributed by atoms with Crippen LogP contribution >= 0.6 is 0 Å². The predicted molar refractivity (Wildman–Crippen MR) is 66.1 cm³/mol. The van der Waals surface area contributed by atoms with Crippen molar-refractivity contribution in [2.45, 2.75) is 19.3 Å². The van der Waals surface area contributed by atoms with Crippen molar-refractivity contribution >= 4 is 15.9 Å². The normalized spacial score (nSPS) is 15.8. The Labute approximate surface area is 103 Å². The lowest BCUT2D eigenvalue weighted by Gasteiger charge is -2.06. The van der Waals surface area contributed by atoms with Gasteiger partial charge in [0, 0.05) is 13.1 Å². The lowest BCUT2D eigenvalue weighted by atomic mass is 10.4. The zero-order chi connectivity index (χ0) is 12.7. The van der Waals surface area contributed by atoms with Gasteiger partial charge in [0.25, 0.3) is 0 Å². The largest absolute Gasteiger partial charge is 0.355 e. The maximum Gasteiger partial charge on any atom is 0.233 e. The molecule has 1 amide bonds. The summed E-state index contributed by atoms with van der Waals surface area (Å²) in [5, 5.41) is 5.82. The summed E-state index contributed by atoms with van der Waals surface area (Å²) in [6.45, 7) is 2.11. The smallest absolute Gasteiger partial charge is 0.233 e. The summed E-state index contributed by atoms with van der Waals surface area (Å²) in [7, 11) is -3.12. The molecule has 0 bridgehead atoms. The molecule has 0 atom stereocenters. The quantitative estimate of drug-likeness (QED) is 0.468. The van der Waals surface area contributed by atoms with Gasteiger partial charge in [-0.2, -0.15) is 0 Å². The molecule has 1 rings (SSSR count). The summed E-state index contributed by atoms with van der Waals surface area (Å²) < 4.78 is 23.8. The van der Waals surface area contributed by atoms with E-state index >= 15 is 0 Å².